The molecule has 2 aromatic rings. The number of esters is 1. The molecule has 0 spiro atoms. The molecule has 2 heterocycles. The van der Waals surface area contributed by atoms with E-state index in [1.165, 1.54) is 11.8 Å². The summed E-state index contributed by atoms with van der Waals surface area (Å²) in [7, 11) is 2.12. The number of thioether (sulfide) groups is 1. The number of benzene rings is 2. The number of Topliss-reactive ketones (excluding diaryl/α,β-unsaturated/α-hetero) is 1. The van der Waals surface area contributed by atoms with Crippen molar-refractivity contribution < 1.29 is 19.4 Å². The molecule has 2 aliphatic rings. The molecule has 198 valence electrons. The Balaban J connectivity index is 1.49. The third-order valence-electron chi connectivity index (χ3n) is 7.35. The molecule has 2 aliphatic heterocycles. The van der Waals surface area contributed by atoms with Gasteiger partial charge in [0, 0.05) is 50.5 Å². The lowest BCUT2D eigenvalue weighted by atomic mass is 9.83. The Labute approximate surface area is 224 Å². The van der Waals surface area contributed by atoms with Crippen LogP contribution < -0.4 is 0 Å². The summed E-state index contributed by atoms with van der Waals surface area (Å²) in [6.07, 6.45) is 1.27. The van der Waals surface area contributed by atoms with Gasteiger partial charge in [-0.15, -0.1) is 0 Å². The van der Waals surface area contributed by atoms with Gasteiger partial charge in [-0.05, 0) is 36.6 Å². The van der Waals surface area contributed by atoms with Crippen LogP contribution in [0.3, 0.4) is 0 Å². The number of aliphatic hydroxyl groups is 1. The SMILES string of the molecule is CC(C)c1ccccc1SC1=C(O)CC(CCC(=O)CCN2CCN(C)CC2)(c2ccccc2)OC1=O. The Bertz CT molecular complexity index is 1130. The number of ether oxygens (including phenoxy) is 1. The standard InChI is InChI=1S/C30H38N2O4S/c1-22(2)25-11-7-8-12-27(25)37-28-26(34)21-30(36-29(28)35,23-9-5-4-6-10-23)15-13-24(33)14-16-32-19-17-31(3)18-20-32/h4-12,22,34H,13-21H2,1-3H3. The number of ketones is 1. The van der Waals surface area contributed by atoms with Gasteiger partial charge < -0.3 is 19.6 Å². The predicted molar refractivity (Wildman–Crippen MR) is 148 cm³/mol. The van der Waals surface area contributed by atoms with Gasteiger partial charge in [-0.2, -0.15) is 0 Å². The summed E-state index contributed by atoms with van der Waals surface area (Å²) in [6, 6.07) is 17.4. The van der Waals surface area contributed by atoms with Crippen molar-refractivity contribution in [3.8, 4) is 0 Å². The number of piperazine rings is 1. The lowest BCUT2D eigenvalue weighted by Gasteiger charge is -2.37. The quantitative estimate of drug-likeness (QED) is 0.413. The van der Waals surface area contributed by atoms with Crippen LogP contribution in [0.25, 0.3) is 0 Å². The first kappa shape index (κ1) is 27.4. The van der Waals surface area contributed by atoms with Crippen LogP contribution in [-0.4, -0.2) is 66.4 Å². The van der Waals surface area contributed by atoms with Gasteiger partial charge in [0.15, 0.2) is 0 Å². The van der Waals surface area contributed by atoms with E-state index in [1.54, 1.807) is 0 Å². The van der Waals surface area contributed by atoms with Crippen LogP contribution in [0.5, 0.6) is 0 Å². The van der Waals surface area contributed by atoms with Crippen LogP contribution in [-0.2, 0) is 19.9 Å². The van der Waals surface area contributed by atoms with E-state index in [4.69, 9.17) is 4.74 Å². The lowest BCUT2D eigenvalue weighted by Crippen LogP contribution is -2.45. The van der Waals surface area contributed by atoms with E-state index in [-0.39, 0.29) is 28.8 Å². The van der Waals surface area contributed by atoms with Crippen LogP contribution in [0.1, 0.15) is 56.6 Å². The number of cyclic esters (lactones) is 1. The number of aliphatic hydroxyl groups excluding tert-OH is 1. The van der Waals surface area contributed by atoms with Gasteiger partial charge >= 0.3 is 5.97 Å². The summed E-state index contributed by atoms with van der Waals surface area (Å²) in [5.74, 6) is -0.0827. The average Bonchev–Trinajstić information content (AvgIpc) is 2.90. The first-order chi connectivity index (χ1) is 17.8. The molecule has 0 aromatic heterocycles. The first-order valence-corrected chi connectivity index (χ1v) is 14.0. The summed E-state index contributed by atoms with van der Waals surface area (Å²) in [5, 5.41) is 11.1. The Morgan fingerprint density at radius 1 is 1.03 bits per heavy atom. The van der Waals surface area contributed by atoms with Gasteiger partial charge in [0.1, 0.15) is 22.0 Å². The number of hydrogen-bond acceptors (Lipinski definition) is 7. The Hall–Kier alpha value is -2.61. The number of nitrogens with zero attached hydrogens (tertiary/aromatic N) is 2. The third-order valence-corrected chi connectivity index (χ3v) is 8.55. The fourth-order valence-electron chi connectivity index (χ4n) is 5.00. The van der Waals surface area contributed by atoms with Gasteiger partial charge in [0.2, 0.25) is 0 Å². The molecule has 0 saturated carbocycles. The molecule has 7 heteroatoms. The fourth-order valence-corrected chi connectivity index (χ4v) is 6.10. The van der Waals surface area contributed by atoms with Crippen LogP contribution >= 0.6 is 11.8 Å². The number of likely N-dealkylation sites (N-methyl/N-ethyl adjacent to an activating group) is 1. The van der Waals surface area contributed by atoms with Crippen LogP contribution in [0.2, 0.25) is 0 Å². The number of rotatable bonds is 10. The number of hydrogen-bond donors (Lipinski definition) is 1. The molecular formula is C30H38N2O4S. The number of carbonyl (C=O) groups excluding carboxylic acids is 2. The zero-order chi connectivity index (χ0) is 26.4. The molecule has 0 aliphatic carbocycles. The van der Waals surface area contributed by atoms with Crippen molar-refractivity contribution in [3.63, 3.8) is 0 Å². The minimum atomic E-state index is -1.06. The van der Waals surface area contributed by atoms with Gasteiger partial charge in [-0.25, -0.2) is 4.79 Å². The molecule has 0 bridgehead atoms. The largest absolute Gasteiger partial charge is 0.511 e. The van der Waals surface area contributed by atoms with Crippen molar-refractivity contribution in [2.45, 2.75) is 55.9 Å². The van der Waals surface area contributed by atoms with Crippen molar-refractivity contribution in [1.82, 2.24) is 9.80 Å². The second kappa shape index (κ2) is 12.3. The zero-order valence-corrected chi connectivity index (χ0v) is 22.9. The molecule has 37 heavy (non-hydrogen) atoms. The maximum absolute atomic E-state index is 13.3. The molecule has 0 amide bonds. The summed E-state index contributed by atoms with van der Waals surface area (Å²) < 4.78 is 6.13. The molecule has 6 nitrogen and oxygen atoms in total. The van der Waals surface area contributed by atoms with Crippen LogP contribution in [0, 0.1) is 0 Å². The van der Waals surface area contributed by atoms with E-state index in [9.17, 15) is 14.7 Å². The first-order valence-electron chi connectivity index (χ1n) is 13.2. The van der Waals surface area contributed by atoms with Gasteiger partial charge in [-0.3, -0.25) is 4.79 Å². The lowest BCUT2D eigenvalue weighted by molar-refractivity contribution is -0.161. The molecule has 1 unspecified atom stereocenters. The Kier molecular flexibility index (Phi) is 9.11. The summed E-state index contributed by atoms with van der Waals surface area (Å²) in [5.41, 5.74) is 0.855. The molecule has 0 radical (unpaired) electrons. The van der Waals surface area contributed by atoms with Gasteiger partial charge in [0.05, 0.1) is 6.42 Å². The maximum Gasteiger partial charge on any atom is 0.349 e. The van der Waals surface area contributed by atoms with Crippen molar-refractivity contribution >= 4 is 23.5 Å². The van der Waals surface area contributed by atoms with E-state index >= 15 is 0 Å². The van der Waals surface area contributed by atoms with Crippen LogP contribution in [0.15, 0.2) is 70.2 Å². The van der Waals surface area contributed by atoms with Crippen molar-refractivity contribution in [3.05, 3.63) is 76.4 Å². The smallest absolute Gasteiger partial charge is 0.349 e. The fraction of sp³-hybridized carbons (Fsp3) is 0.467. The predicted octanol–water partition coefficient (Wildman–Crippen LogP) is 5.50. The molecule has 1 N–H and O–H groups in total. The molecule has 4 rings (SSSR count). The molecule has 1 saturated heterocycles. The molecule has 1 atom stereocenters. The minimum Gasteiger partial charge on any atom is -0.511 e. The zero-order valence-electron chi connectivity index (χ0n) is 22.1. The summed E-state index contributed by atoms with van der Waals surface area (Å²) in [4.78, 5) is 32.0. The monoisotopic (exact) mass is 522 g/mol. The Morgan fingerprint density at radius 3 is 2.38 bits per heavy atom. The summed E-state index contributed by atoms with van der Waals surface area (Å²) >= 11 is 1.26. The Morgan fingerprint density at radius 2 is 1.70 bits per heavy atom. The van der Waals surface area contributed by atoms with E-state index in [0.29, 0.717) is 19.3 Å². The maximum atomic E-state index is 13.3. The highest BCUT2D eigenvalue weighted by Gasteiger charge is 2.44. The highest BCUT2D eigenvalue weighted by molar-refractivity contribution is 8.04. The highest BCUT2D eigenvalue weighted by Crippen LogP contribution is 2.46. The van der Waals surface area contributed by atoms with E-state index in [2.05, 4.69) is 30.7 Å². The van der Waals surface area contributed by atoms with E-state index < -0.39 is 11.6 Å². The van der Waals surface area contributed by atoms with Crippen molar-refractivity contribution in [1.29, 1.82) is 0 Å². The minimum absolute atomic E-state index is 0.0218. The second-order valence-corrected chi connectivity index (χ2v) is 11.5. The number of carbonyl (C=O) groups is 2. The van der Waals surface area contributed by atoms with E-state index in [0.717, 1.165) is 48.7 Å². The van der Waals surface area contributed by atoms with Crippen molar-refractivity contribution in [2.75, 3.05) is 39.8 Å². The summed E-state index contributed by atoms with van der Waals surface area (Å²) in [6.45, 7) is 8.97. The molecular weight excluding hydrogens is 484 g/mol. The van der Waals surface area contributed by atoms with E-state index in [1.807, 2.05) is 54.6 Å². The van der Waals surface area contributed by atoms with Crippen molar-refractivity contribution in [2.24, 2.45) is 0 Å². The van der Waals surface area contributed by atoms with Crippen LogP contribution in [0.4, 0.5) is 0 Å². The highest BCUT2D eigenvalue weighted by atomic mass is 32.2. The molecule has 2 aromatic carbocycles. The third kappa shape index (κ3) is 6.83. The normalized spacial score (nSPS) is 21.4. The molecule has 1 fully saturated rings. The second-order valence-electron chi connectivity index (χ2n) is 10.4. The van der Waals surface area contributed by atoms with Gasteiger partial charge in [-0.1, -0.05) is 74.1 Å². The topological polar surface area (TPSA) is 70.1 Å². The average molecular weight is 523 g/mol. The van der Waals surface area contributed by atoms with Gasteiger partial charge in [0.25, 0.3) is 0 Å².